The van der Waals surface area contributed by atoms with E-state index in [1.54, 1.807) is 0 Å². The molecule has 312 valence electrons. The Morgan fingerprint density at radius 3 is 0.759 bits per heavy atom. The zero-order valence-electron chi connectivity index (χ0n) is 32.3. The average Bonchev–Trinajstić information content (AvgIpc) is 3.16. The third kappa shape index (κ3) is 16.2. The van der Waals surface area contributed by atoms with E-state index >= 15 is 0 Å². The molecule has 0 spiro atoms. The third-order valence-corrected chi connectivity index (χ3v) is 6.63. The number of nitrogens with one attached hydrogen (secondary N) is 4. The number of rotatable bonds is 20. The maximum atomic E-state index is 12.9. The van der Waals surface area contributed by atoms with Crippen molar-refractivity contribution >= 4 is 59.0 Å². The lowest BCUT2D eigenvalue weighted by Crippen LogP contribution is -2.32. The molecule has 0 saturated heterocycles. The van der Waals surface area contributed by atoms with Gasteiger partial charge in [0, 0.05) is 22.3 Å². The van der Waals surface area contributed by atoms with Crippen LogP contribution >= 0.6 is 0 Å². The summed E-state index contributed by atoms with van der Waals surface area (Å²) < 4.78 is 41.8. The Hall–Kier alpha value is -7.38. The van der Waals surface area contributed by atoms with E-state index in [9.17, 15) is 38.4 Å². The van der Waals surface area contributed by atoms with Gasteiger partial charge < -0.3 is 59.2 Å². The van der Waals surface area contributed by atoms with Gasteiger partial charge in [-0.3, -0.25) is 0 Å². The molecule has 0 aliphatic carbocycles. The van der Waals surface area contributed by atoms with Gasteiger partial charge in [0.05, 0.1) is 37.0 Å². The van der Waals surface area contributed by atoms with E-state index < -0.39 is 48.3 Å². The minimum absolute atomic E-state index is 0.138. The predicted octanol–water partition coefficient (Wildman–Crippen LogP) is 3.67. The standard InChI is InChI=1S/C38H44N4O16/c1-21(2)31(43)51-17-13-39-35(47)55-25-9-10-27(57-37(49)41-15-19-53-33(45)23(5)6)30-28(58-38(50)42-16-20-54-34(46)24(7)8)12-11-26(29(25)30)56-36(48)40-14-18-52-32(44)22(3)4/h9-12H,1,3,5,7,13-20H2,2,4,6,8H3,(H,39,47)(H,40,48)(H,41,49)(H,42,50). The fourth-order valence-electron chi connectivity index (χ4n) is 3.94. The average molecular weight is 813 g/mol. The fourth-order valence-corrected chi connectivity index (χ4v) is 3.94. The van der Waals surface area contributed by atoms with Crippen molar-refractivity contribution < 1.29 is 76.3 Å². The number of esters is 4. The molecule has 0 fully saturated rings. The van der Waals surface area contributed by atoms with Crippen LogP contribution in [0, 0.1) is 0 Å². The predicted molar refractivity (Wildman–Crippen MR) is 203 cm³/mol. The van der Waals surface area contributed by atoms with Crippen molar-refractivity contribution in [2.75, 3.05) is 52.6 Å². The molecule has 2 rings (SSSR count). The molecule has 2 aromatic carbocycles. The summed E-state index contributed by atoms with van der Waals surface area (Å²) in [5.74, 6) is -4.02. The van der Waals surface area contributed by atoms with Crippen LogP contribution < -0.4 is 40.2 Å². The summed E-state index contributed by atoms with van der Waals surface area (Å²) >= 11 is 0. The van der Waals surface area contributed by atoms with Crippen LogP contribution in [0.15, 0.2) is 72.9 Å². The van der Waals surface area contributed by atoms with Crippen molar-refractivity contribution in [3.05, 3.63) is 72.9 Å². The van der Waals surface area contributed by atoms with Crippen molar-refractivity contribution in [1.29, 1.82) is 0 Å². The Morgan fingerprint density at radius 1 is 0.397 bits per heavy atom. The fraction of sp³-hybridized carbons (Fsp3) is 0.316. The molecule has 0 aliphatic rings. The molecule has 0 aliphatic heterocycles. The van der Waals surface area contributed by atoms with Crippen LogP contribution in [0.5, 0.6) is 23.0 Å². The van der Waals surface area contributed by atoms with E-state index in [4.69, 9.17) is 37.9 Å². The molecule has 2 aromatic rings. The van der Waals surface area contributed by atoms with Crippen LogP contribution in [0.1, 0.15) is 27.7 Å². The van der Waals surface area contributed by atoms with Crippen molar-refractivity contribution in [2.24, 2.45) is 0 Å². The van der Waals surface area contributed by atoms with Crippen LogP contribution in [0.25, 0.3) is 10.8 Å². The molecule has 4 amide bonds. The van der Waals surface area contributed by atoms with Crippen LogP contribution in [0.4, 0.5) is 19.2 Å². The van der Waals surface area contributed by atoms with Crippen molar-refractivity contribution in [3.63, 3.8) is 0 Å². The van der Waals surface area contributed by atoms with Gasteiger partial charge in [-0.25, -0.2) is 38.4 Å². The van der Waals surface area contributed by atoms with E-state index in [1.807, 2.05) is 0 Å². The van der Waals surface area contributed by atoms with Gasteiger partial charge in [0.15, 0.2) is 0 Å². The highest BCUT2D eigenvalue weighted by molar-refractivity contribution is 6.05. The Morgan fingerprint density at radius 2 is 0.586 bits per heavy atom. The first-order valence-electron chi connectivity index (χ1n) is 17.1. The molecule has 0 unspecified atom stereocenters. The number of fused-ring (bicyclic) bond motifs is 1. The molecule has 4 N–H and O–H groups in total. The van der Waals surface area contributed by atoms with E-state index in [0.29, 0.717) is 0 Å². The number of carbonyl (C=O) groups excluding carboxylic acids is 8. The molecule has 0 atom stereocenters. The monoisotopic (exact) mass is 812 g/mol. The Balaban J connectivity index is 2.53. The lowest BCUT2D eigenvalue weighted by atomic mass is 10.1. The van der Waals surface area contributed by atoms with Gasteiger partial charge in [0.1, 0.15) is 49.4 Å². The van der Waals surface area contributed by atoms with Crippen molar-refractivity contribution in [3.8, 4) is 23.0 Å². The van der Waals surface area contributed by atoms with Gasteiger partial charge in [-0.2, -0.15) is 0 Å². The normalized spacial score (nSPS) is 10.1. The number of hydrogen-bond acceptors (Lipinski definition) is 16. The van der Waals surface area contributed by atoms with Crippen LogP contribution in [-0.2, 0) is 38.1 Å². The molecule has 0 radical (unpaired) electrons. The van der Waals surface area contributed by atoms with Gasteiger partial charge >= 0.3 is 48.3 Å². The first-order chi connectivity index (χ1) is 27.4. The first kappa shape index (κ1) is 46.8. The van der Waals surface area contributed by atoms with Crippen molar-refractivity contribution in [2.45, 2.75) is 27.7 Å². The summed E-state index contributed by atoms with van der Waals surface area (Å²) in [5.41, 5.74) is 0.550. The molecule has 0 heterocycles. The molecular formula is C38H44N4O16. The highest BCUT2D eigenvalue weighted by Crippen LogP contribution is 2.45. The Labute approximate surface area is 332 Å². The topological polar surface area (TPSA) is 259 Å². The second kappa shape index (κ2) is 23.5. The van der Waals surface area contributed by atoms with Gasteiger partial charge in [0.25, 0.3) is 0 Å². The second-order valence-electron chi connectivity index (χ2n) is 11.8. The summed E-state index contributed by atoms with van der Waals surface area (Å²) in [6.07, 6.45) is -4.31. The zero-order valence-corrected chi connectivity index (χ0v) is 32.3. The number of carbonyl (C=O) groups is 8. The van der Waals surface area contributed by atoms with Crippen LogP contribution in [0.2, 0.25) is 0 Å². The number of amides is 4. The van der Waals surface area contributed by atoms with E-state index in [2.05, 4.69) is 47.6 Å². The summed E-state index contributed by atoms with van der Waals surface area (Å²) in [5, 5.41) is 9.01. The Bertz CT molecular complexity index is 1700. The SMILES string of the molecule is C=C(C)C(=O)OCCNC(=O)Oc1ccc(OC(=O)NCCOC(=O)C(=C)C)c2c(OC(=O)NCCOC(=O)C(=C)C)ccc(OC(=O)NCCOC(=O)C(=C)C)c12. The van der Waals surface area contributed by atoms with Crippen molar-refractivity contribution in [1.82, 2.24) is 21.3 Å². The second-order valence-corrected chi connectivity index (χ2v) is 11.8. The molecule has 58 heavy (non-hydrogen) atoms. The zero-order chi connectivity index (χ0) is 43.4. The molecule has 0 bridgehead atoms. The van der Waals surface area contributed by atoms with Gasteiger partial charge in [-0.15, -0.1) is 0 Å². The molecule has 0 saturated carbocycles. The van der Waals surface area contributed by atoms with Crippen LogP contribution in [-0.4, -0.2) is 101 Å². The van der Waals surface area contributed by atoms with E-state index in [0.717, 1.165) is 0 Å². The summed E-state index contributed by atoms with van der Waals surface area (Å²) in [4.78, 5) is 98.4. The molecule has 20 heteroatoms. The lowest BCUT2D eigenvalue weighted by molar-refractivity contribution is -0.139. The minimum Gasteiger partial charge on any atom is -0.460 e. The summed E-state index contributed by atoms with van der Waals surface area (Å²) in [7, 11) is 0. The van der Waals surface area contributed by atoms with Crippen LogP contribution in [0.3, 0.4) is 0 Å². The number of hydrogen-bond donors (Lipinski definition) is 4. The first-order valence-corrected chi connectivity index (χ1v) is 17.1. The summed E-state index contributed by atoms with van der Waals surface area (Å²) in [6, 6.07) is 4.67. The van der Waals surface area contributed by atoms with E-state index in [1.165, 1.54) is 52.0 Å². The van der Waals surface area contributed by atoms with E-state index in [-0.39, 0.29) is 109 Å². The minimum atomic E-state index is -1.08. The highest BCUT2D eigenvalue weighted by Gasteiger charge is 2.24. The maximum absolute atomic E-state index is 12.9. The number of ether oxygens (including phenoxy) is 8. The molecular weight excluding hydrogens is 768 g/mol. The highest BCUT2D eigenvalue weighted by atomic mass is 16.6. The summed E-state index contributed by atoms with van der Waals surface area (Å²) in [6.45, 7) is 17.9. The van der Waals surface area contributed by atoms with Gasteiger partial charge in [-0.05, 0) is 52.0 Å². The lowest BCUT2D eigenvalue weighted by Gasteiger charge is -2.18. The maximum Gasteiger partial charge on any atom is 0.412 e. The Kier molecular flexibility index (Phi) is 19.0. The third-order valence-electron chi connectivity index (χ3n) is 6.63. The molecule has 0 aromatic heterocycles. The smallest absolute Gasteiger partial charge is 0.412 e. The number of benzene rings is 2. The molecule has 20 nitrogen and oxygen atoms in total. The quantitative estimate of drug-likeness (QED) is 0.0644. The largest absolute Gasteiger partial charge is 0.460 e. The van der Waals surface area contributed by atoms with Gasteiger partial charge in [0.2, 0.25) is 0 Å². The van der Waals surface area contributed by atoms with Gasteiger partial charge in [-0.1, -0.05) is 26.3 Å².